The molecule has 1 aromatic carbocycles. The number of benzene rings is 1. The Kier molecular flexibility index (Phi) is 5.65. The topological polar surface area (TPSA) is 71.1 Å². The van der Waals surface area contributed by atoms with Crippen LogP contribution in [-0.4, -0.2) is 29.9 Å². The molecule has 2 amide bonds. The number of nitrogens with zero attached hydrogens (tertiary/aromatic N) is 1. The van der Waals surface area contributed by atoms with E-state index < -0.39 is 0 Å². The molecular weight excluding hydrogens is 278 g/mol. The van der Waals surface area contributed by atoms with E-state index in [1.165, 1.54) is 6.20 Å². The molecule has 2 rings (SSSR count). The van der Waals surface area contributed by atoms with Crippen LogP contribution in [0.5, 0.6) is 0 Å². The van der Waals surface area contributed by atoms with Crippen molar-refractivity contribution in [2.75, 3.05) is 13.1 Å². The minimum Gasteiger partial charge on any atom is -0.354 e. The standard InChI is InChI=1S/C17H19N3O2/c1-13-4-2-5-14(10-13)11-16(21)19-8-9-20-17(22)15-6-3-7-18-12-15/h2-7,10,12H,8-9,11H2,1H3,(H,19,21)(H,20,22). The highest BCUT2D eigenvalue weighted by molar-refractivity contribution is 5.93. The number of hydrogen-bond acceptors (Lipinski definition) is 3. The lowest BCUT2D eigenvalue weighted by Gasteiger charge is -2.07. The van der Waals surface area contributed by atoms with E-state index in [1.807, 2.05) is 31.2 Å². The van der Waals surface area contributed by atoms with E-state index in [1.54, 1.807) is 18.3 Å². The van der Waals surface area contributed by atoms with Crippen LogP contribution >= 0.6 is 0 Å². The molecule has 2 N–H and O–H groups in total. The Morgan fingerprint density at radius 2 is 1.91 bits per heavy atom. The smallest absolute Gasteiger partial charge is 0.252 e. The van der Waals surface area contributed by atoms with Crippen molar-refractivity contribution in [3.63, 3.8) is 0 Å². The number of hydrogen-bond donors (Lipinski definition) is 2. The zero-order chi connectivity index (χ0) is 15.8. The van der Waals surface area contributed by atoms with Crippen LogP contribution < -0.4 is 10.6 Å². The molecule has 0 bridgehead atoms. The Hall–Kier alpha value is -2.69. The van der Waals surface area contributed by atoms with E-state index in [2.05, 4.69) is 15.6 Å². The maximum absolute atomic E-state index is 11.8. The fourth-order valence-corrected chi connectivity index (χ4v) is 2.05. The summed E-state index contributed by atoms with van der Waals surface area (Å²) < 4.78 is 0. The predicted octanol–water partition coefficient (Wildman–Crippen LogP) is 1.48. The Morgan fingerprint density at radius 3 is 2.64 bits per heavy atom. The molecule has 0 saturated heterocycles. The van der Waals surface area contributed by atoms with Gasteiger partial charge in [-0.15, -0.1) is 0 Å². The number of aryl methyl sites for hydroxylation is 1. The van der Waals surface area contributed by atoms with Gasteiger partial charge in [0.1, 0.15) is 0 Å². The van der Waals surface area contributed by atoms with Gasteiger partial charge >= 0.3 is 0 Å². The predicted molar refractivity (Wildman–Crippen MR) is 84.5 cm³/mol. The average molecular weight is 297 g/mol. The minimum atomic E-state index is -0.193. The summed E-state index contributed by atoms with van der Waals surface area (Å²) in [7, 11) is 0. The molecular formula is C17H19N3O2. The van der Waals surface area contributed by atoms with Crippen molar-refractivity contribution in [1.82, 2.24) is 15.6 Å². The van der Waals surface area contributed by atoms with Crippen molar-refractivity contribution >= 4 is 11.8 Å². The number of rotatable bonds is 6. The van der Waals surface area contributed by atoms with E-state index in [0.29, 0.717) is 25.1 Å². The first kappa shape index (κ1) is 15.7. The van der Waals surface area contributed by atoms with Crippen molar-refractivity contribution in [1.29, 1.82) is 0 Å². The summed E-state index contributed by atoms with van der Waals surface area (Å²) in [5.74, 6) is -0.248. The lowest BCUT2D eigenvalue weighted by molar-refractivity contribution is -0.120. The highest BCUT2D eigenvalue weighted by Crippen LogP contribution is 2.04. The second kappa shape index (κ2) is 7.93. The van der Waals surface area contributed by atoms with E-state index >= 15 is 0 Å². The van der Waals surface area contributed by atoms with Crippen LogP contribution in [0.1, 0.15) is 21.5 Å². The molecule has 0 spiro atoms. The van der Waals surface area contributed by atoms with Crippen LogP contribution in [0, 0.1) is 6.92 Å². The number of amides is 2. The summed E-state index contributed by atoms with van der Waals surface area (Å²) in [6.45, 7) is 2.78. The molecule has 0 aliphatic carbocycles. The zero-order valence-corrected chi connectivity index (χ0v) is 12.5. The van der Waals surface area contributed by atoms with Crippen molar-refractivity contribution in [3.05, 3.63) is 65.5 Å². The van der Waals surface area contributed by atoms with Crippen LogP contribution in [0.25, 0.3) is 0 Å². The molecule has 22 heavy (non-hydrogen) atoms. The van der Waals surface area contributed by atoms with Crippen LogP contribution in [0.4, 0.5) is 0 Å². The SMILES string of the molecule is Cc1cccc(CC(=O)NCCNC(=O)c2cccnc2)c1. The van der Waals surface area contributed by atoms with E-state index in [-0.39, 0.29) is 11.8 Å². The lowest BCUT2D eigenvalue weighted by Crippen LogP contribution is -2.35. The van der Waals surface area contributed by atoms with E-state index in [0.717, 1.165) is 11.1 Å². The lowest BCUT2D eigenvalue weighted by atomic mass is 10.1. The van der Waals surface area contributed by atoms with Crippen molar-refractivity contribution in [3.8, 4) is 0 Å². The van der Waals surface area contributed by atoms with Crippen molar-refractivity contribution in [2.24, 2.45) is 0 Å². The molecule has 5 heteroatoms. The molecule has 5 nitrogen and oxygen atoms in total. The molecule has 0 unspecified atom stereocenters. The van der Waals surface area contributed by atoms with Gasteiger partial charge < -0.3 is 10.6 Å². The van der Waals surface area contributed by atoms with Gasteiger partial charge in [0, 0.05) is 25.5 Å². The summed E-state index contributed by atoms with van der Waals surface area (Å²) >= 11 is 0. The van der Waals surface area contributed by atoms with Crippen molar-refractivity contribution < 1.29 is 9.59 Å². The monoisotopic (exact) mass is 297 g/mol. The third kappa shape index (κ3) is 5.01. The normalized spacial score (nSPS) is 10.0. The van der Waals surface area contributed by atoms with Crippen molar-refractivity contribution in [2.45, 2.75) is 13.3 Å². The molecule has 0 fully saturated rings. The maximum atomic E-state index is 11.8. The molecule has 1 aromatic heterocycles. The number of aromatic nitrogens is 1. The third-order valence-corrected chi connectivity index (χ3v) is 3.10. The molecule has 0 atom stereocenters. The molecule has 0 aliphatic heterocycles. The zero-order valence-electron chi connectivity index (χ0n) is 12.5. The third-order valence-electron chi connectivity index (χ3n) is 3.10. The van der Waals surface area contributed by atoms with Crippen LogP contribution in [-0.2, 0) is 11.2 Å². The summed E-state index contributed by atoms with van der Waals surface area (Å²) in [5.41, 5.74) is 2.62. The Morgan fingerprint density at radius 1 is 1.09 bits per heavy atom. The van der Waals surface area contributed by atoms with Gasteiger partial charge in [-0.2, -0.15) is 0 Å². The van der Waals surface area contributed by atoms with Gasteiger partial charge in [-0.25, -0.2) is 0 Å². The van der Waals surface area contributed by atoms with Gasteiger partial charge in [0.2, 0.25) is 5.91 Å². The molecule has 1 heterocycles. The Labute approximate surface area is 129 Å². The fraction of sp³-hybridized carbons (Fsp3) is 0.235. The number of pyridine rings is 1. The summed E-state index contributed by atoms with van der Waals surface area (Å²) in [4.78, 5) is 27.4. The Balaban J connectivity index is 1.68. The number of carbonyl (C=O) groups excluding carboxylic acids is 2. The highest BCUT2D eigenvalue weighted by atomic mass is 16.2. The minimum absolute atomic E-state index is 0.0544. The van der Waals surface area contributed by atoms with E-state index in [9.17, 15) is 9.59 Å². The average Bonchev–Trinajstić information content (AvgIpc) is 2.52. The summed E-state index contributed by atoms with van der Waals surface area (Å²) in [6.07, 6.45) is 3.46. The van der Waals surface area contributed by atoms with Crippen LogP contribution in [0.3, 0.4) is 0 Å². The van der Waals surface area contributed by atoms with Crippen LogP contribution in [0.2, 0.25) is 0 Å². The van der Waals surface area contributed by atoms with Gasteiger partial charge in [-0.05, 0) is 24.6 Å². The maximum Gasteiger partial charge on any atom is 0.252 e. The largest absolute Gasteiger partial charge is 0.354 e. The highest BCUT2D eigenvalue weighted by Gasteiger charge is 2.05. The number of nitrogens with one attached hydrogen (secondary N) is 2. The molecule has 0 saturated carbocycles. The molecule has 0 aliphatic rings. The van der Waals surface area contributed by atoms with Gasteiger partial charge in [0.05, 0.1) is 12.0 Å². The first-order valence-corrected chi connectivity index (χ1v) is 7.15. The molecule has 114 valence electrons. The fourth-order valence-electron chi connectivity index (χ4n) is 2.05. The van der Waals surface area contributed by atoms with Gasteiger partial charge in [-0.3, -0.25) is 14.6 Å². The Bertz CT molecular complexity index is 641. The quantitative estimate of drug-likeness (QED) is 0.793. The van der Waals surface area contributed by atoms with Gasteiger partial charge in [-0.1, -0.05) is 29.8 Å². The summed E-state index contributed by atoms with van der Waals surface area (Å²) in [6, 6.07) is 11.2. The van der Waals surface area contributed by atoms with Crippen LogP contribution in [0.15, 0.2) is 48.8 Å². The first-order valence-electron chi connectivity index (χ1n) is 7.15. The first-order chi connectivity index (χ1) is 10.6. The molecule has 2 aromatic rings. The number of carbonyl (C=O) groups is 2. The summed E-state index contributed by atoms with van der Waals surface area (Å²) in [5, 5.41) is 5.52. The van der Waals surface area contributed by atoms with Gasteiger partial charge in [0.15, 0.2) is 0 Å². The second-order valence-corrected chi connectivity index (χ2v) is 5.01. The second-order valence-electron chi connectivity index (χ2n) is 5.01. The van der Waals surface area contributed by atoms with Gasteiger partial charge in [0.25, 0.3) is 5.91 Å². The van der Waals surface area contributed by atoms with E-state index in [4.69, 9.17) is 0 Å². The molecule has 0 radical (unpaired) electrons.